The fourth-order valence-corrected chi connectivity index (χ4v) is 3.44. The Bertz CT molecular complexity index is 898. The maximum Gasteiger partial charge on any atom is 0.254 e. The first-order valence-electron chi connectivity index (χ1n) is 8.01. The van der Waals surface area contributed by atoms with Crippen molar-refractivity contribution in [3.63, 3.8) is 0 Å². The zero-order valence-electron chi connectivity index (χ0n) is 13.4. The lowest BCUT2D eigenvalue weighted by Gasteiger charge is -2.34. The monoisotopic (exact) mass is 356 g/mol. The average molecular weight is 356 g/mol. The molecule has 0 unspecified atom stereocenters. The highest BCUT2D eigenvalue weighted by molar-refractivity contribution is 7.00. The summed E-state index contributed by atoms with van der Waals surface area (Å²) in [7, 11) is 0. The maximum atomic E-state index is 12.7. The Kier molecular flexibility index (Phi) is 4.29. The van der Waals surface area contributed by atoms with E-state index in [0.717, 1.165) is 22.8 Å². The molecule has 128 valence electrons. The molecule has 0 atom stereocenters. The molecular formula is C17H16N4O3S. The van der Waals surface area contributed by atoms with Gasteiger partial charge in [0.2, 0.25) is 5.78 Å². The molecule has 8 heteroatoms. The third-order valence-corrected chi connectivity index (χ3v) is 4.88. The van der Waals surface area contributed by atoms with E-state index in [-0.39, 0.29) is 11.7 Å². The summed E-state index contributed by atoms with van der Waals surface area (Å²) < 4.78 is 13.5. The van der Waals surface area contributed by atoms with Crippen LogP contribution in [0.1, 0.15) is 20.9 Å². The van der Waals surface area contributed by atoms with E-state index in [0.29, 0.717) is 44.0 Å². The second-order valence-electron chi connectivity index (χ2n) is 5.94. The van der Waals surface area contributed by atoms with Gasteiger partial charge in [-0.2, -0.15) is 8.75 Å². The van der Waals surface area contributed by atoms with Crippen molar-refractivity contribution in [1.82, 2.24) is 18.5 Å². The maximum absolute atomic E-state index is 12.7. The van der Waals surface area contributed by atoms with Gasteiger partial charge in [0.1, 0.15) is 11.0 Å². The van der Waals surface area contributed by atoms with Gasteiger partial charge in [0.25, 0.3) is 5.91 Å². The molecule has 1 aliphatic rings. The van der Waals surface area contributed by atoms with Gasteiger partial charge in [-0.15, -0.1) is 0 Å². The molecule has 7 nitrogen and oxygen atoms in total. The van der Waals surface area contributed by atoms with Crippen molar-refractivity contribution in [2.45, 2.75) is 0 Å². The number of carbonyl (C=O) groups is 2. The van der Waals surface area contributed by atoms with Crippen molar-refractivity contribution in [1.29, 1.82) is 0 Å². The van der Waals surface area contributed by atoms with Crippen LogP contribution in [-0.2, 0) is 0 Å². The predicted octanol–water partition coefficient (Wildman–Crippen LogP) is 1.93. The zero-order chi connectivity index (χ0) is 17.2. The topological polar surface area (TPSA) is 79.5 Å². The summed E-state index contributed by atoms with van der Waals surface area (Å²) in [6, 6.07) is 8.78. The third kappa shape index (κ3) is 3.31. The molecule has 0 spiro atoms. The van der Waals surface area contributed by atoms with Gasteiger partial charge < -0.3 is 9.32 Å². The van der Waals surface area contributed by atoms with E-state index in [2.05, 4.69) is 8.75 Å². The molecule has 3 heterocycles. The lowest BCUT2D eigenvalue weighted by atomic mass is 10.1. The van der Waals surface area contributed by atoms with Crippen LogP contribution in [0, 0.1) is 0 Å². The number of furan rings is 1. The van der Waals surface area contributed by atoms with Crippen molar-refractivity contribution in [2.24, 2.45) is 0 Å². The number of aromatic nitrogens is 2. The van der Waals surface area contributed by atoms with Crippen molar-refractivity contribution in [3.8, 4) is 0 Å². The van der Waals surface area contributed by atoms with Crippen molar-refractivity contribution in [2.75, 3.05) is 32.7 Å². The molecule has 0 radical (unpaired) electrons. The number of hydrogen-bond acceptors (Lipinski definition) is 7. The first-order valence-corrected chi connectivity index (χ1v) is 8.74. The molecule has 0 N–H and O–H groups in total. The number of hydrogen-bond donors (Lipinski definition) is 0. The van der Waals surface area contributed by atoms with E-state index in [1.54, 1.807) is 24.3 Å². The second-order valence-corrected chi connectivity index (χ2v) is 6.46. The Hall–Kier alpha value is -2.58. The molecule has 2 aromatic heterocycles. The van der Waals surface area contributed by atoms with Gasteiger partial charge in [0, 0.05) is 31.7 Å². The fourth-order valence-electron chi connectivity index (χ4n) is 2.93. The zero-order valence-corrected chi connectivity index (χ0v) is 14.2. The van der Waals surface area contributed by atoms with Crippen molar-refractivity contribution < 1.29 is 14.0 Å². The van der Waals surface area contributed by atoms with Gasteiger partial charge in [0.15, 0.2) is 5.76 Å². The summed E-state index contributed by atoms with van der Waals surface area (Å²) in [6.45, 7) is 2.83. The van der Waals surface area contributed by atoms with Gasteiger partial charge in [-0.1, -0.05) is 0 Å². The SMILES string of the molecule is O=C(CN1CCN(C(=O)c2ccc3nsnc3c2)CC1)c1ccco1. The number of carbonyl (C=O) groups excluding carboxylic acids is 2. The van der Waals surface area contributed by atoms with E-state index in [1.807, 2.05) is 15.9 Å². The van der Waals surface area contributed by atoms with Gasteiger partial charge in [0.05, 0.1) is 24.5 Å². The van der Waals surface area contributed by atoms with E-state index in [1.165, 1.54) is 6.26 Å². The van der Waals surface area contributed by atoms with E-state index < -0.39 is 0 Å². The molecule has 25 heavy (non-hydrogen) atoms. The molecule has 1 fully saturated rings. The highest BCUT2D eigenvalue weighted by Gasteiger charge is 2.24. The lowest BCUT2D eigenvalue weighted by Crippen LogP contribution is -2.49. The van der Waals surface area contributed by atoms with E-state index in [9.17, 15) is 9.59 Å². The molecule has 0 aliphatic carbocycles. The minimum atomic E-state index is -0.0359. The van der Waals surface area contributed by atoms with Crippen LogP contribution < -0.4 is 0 Å². The molecule has 1 aliphatic heterocycles. The highest BCUT2D eigenvalue weighted by Crippen LogP contribution is 2.16. The standard InChI is InChI=1S/C17H16N4O3S/c22-15(16-2-1-9-24-16)11-20-5-7-21(8-6-20)17(23)12-3-4-13-14(10-12)19-25-18-13/h1-4,9-10H,5-8,11H2. The second kappa shape index (κ2) is 6.73. The number of ketones is 1. The molecule has 1 saturated heterocycles. The van der Waals surface area contributed by atoms with E-state index in [4.69, 9.17) is 4.42 Å². The summed E-state index contributed by atoms with van der Waals surface area (Å²) in [4.78, 5) is 28.6. The summed E-state index contributed by atoms with van der Waals surface area (Å²) in [5, 5.41) is 0. The largest absolute Gasteiger partial charge is 0.461 e. The summed E-state index contributed by atoms with van der Waals surface area (Å²) in [6.07, 6.45) is 1.50. The van der Waals surface area contributed by atoms with Gasteiger partial charge in [-0.3, -0.25) is 14.5 Å². The summed E-state index contributed by atoms with van der Waals surface area (Å²) >= 11 is 1.14. The van der Waals surface area contributed by atoms with E-state index >= 15 is 0 Å². The van der Waals surface area contributed by atoms with Gasteiger partial charge in [-0.05, 0) is 30.3 Å². The number of piperazine rings is 1. The van der Waals surface area contributed by atoms with Crippen LogP contribution in [0.3, 0.4) is 0 Å². The summed E-state index contributed by atoms with van der Waals surface area (Å²) in [5.41, 5.74) is 2.18. The van der Waals surface area contributed by atoms with Crippen LogP contribution in [0.5, 0.6) is 0 Å². The molecule has 1 amide bonds. The normalized spacial score (nSPS) is 15.6. The van der Waals surface area contributed by atoms with Crippen LogP contribution in [0.25, 0.3) is 11.0 Å². The van der Waals surface area contributed by atoms with Crippen LogP contribution >= 0.6 is 11.7 Å². The number of benzene rings is 1. The Morgan fingerprint density at radius 3 is 2.64 bits per heavy atom. The quantitative estimate of drug-likeness (QED) is 0.665. The van der Waals surface area contributed by atoms with Crippen LogP contribution in [0.15, 0.2) is 41.0 Å². The Morgan fingerprint density at radius 1 is 1.08 bits per heavy atom. The Labute approximate surface area is 148 Å². The fraction of sp³-hybridized carbons (Fsp3) is 0.294. The molecule has 3 aromatic rings. The lowest BCUT2D eigenvalue weighted by molar-refractivity contribution is 0.0620. The molecular weight excluding hydrogens is 340 g/mol. The summed E-state index contributed by atoms with van der Waals surface area (Å²) in [5.74, 6) is 0.335. The van der Waals surface area contributed by atoms with Crippen LogP contribution in [0.4, 0.5) is 0 Å². The minimum Gasteiger partial charge on any atom is -0.461 e. The molecule has 0 saturated carbocycles. The number of amides is 1. The van der Waals surface area contributed by atoms with Gasteiger partial charge in [-0.25, -0.2) is 0 Å². The Morgan fingerprint density at radius 2 is 1.88 bits per heavy atom. The minimum absolute atomic E-state index is 0.00749. The van der Waals surface area contributed by atoms with Gasteiger partial charge >= 0.3 is 0 Å². The first kappa shape index (κ1) is 15.9. The van der Waals surface area contributed by atoms with Crippen LogP contribution in [0.2, 0.25) is 0 Å². The molecule has 1 aromatic carbocycles. The molecule has 0 bridgehead atoms. The van der Waals surface area contributed by atoms with Crippen molar-refractivity contribution in [3.05, 3.63) is 47.9 Å². The third-order valence-electron chi connectivity index (χ3n) is 4.32. The smallest absolute Gasteiger partial charge is 0.254 e. The molecule has 4 rings (SSSR count). The first-order chi connectivity index (χ1) is 12.2. The highest BCUT2D eigenvalue weighted by atomic mass is 32.1. The number of Topliss-reactive ketones (excluding diaryl/α,β-unsaturated/α-hetero) is 1. The van der Waals surface area contributed by atoms with Crippen LogP contribution in [-0.4, -0.2) is 63.0 Å². The average Bonchev–Trinajstić information content (AvgIpc) is 3.32. The number of fused-ring (bicyclic) bond motifs is 1. The predicted molar refractivity (Wildman–Crippen MR) is 92.8 cm³/mol. The Balaban J connectivity index is 1.36. The van der Waals surface area contributed by atoms with Crippen molar-refractivity contribution >= 4 is 34.5 Å². The number of nitrogens with zero attached hydrogens (tertiary/aromatic N) is 4. The number of rotatable bonds is 4.